The SMILES string of the molecule is CC[N+]1(c2ccccc2OC)C=C(C)C(C(=O)O)=N1. The van der Waals surface area contributed by atoms with Gasteiger partial charge in [-0.15, -0.1) is 4.59 Å². The summed E-state index contributed by atoms with van der Waals surface area (Å²) in [5, 5.41) is 13.6. The van der Waals surface area contributed by atoms with Crippen molar-refractivity contribution in [3.63, 3.8) is 0 Å². The number of nitrogens with zero attached hydrogens (tertiary/aromatic N) is 2. The summed E-state index contributed by atoms with van der Waals surface area (Å²) in [4.78, 5) is 11.2. The number of benzene rings is 1. The number of methoxy groups -OCH3 is 1. The number of ether oxygens (including phenoxy) is 1. The quantitative estimate of drug-likeness (QED) is 0.846. The summed E-state index contributed by atoms with van der Waals surface area (Å²) in [7, 11) is 1.60. The topological polar surface area (TPSA) is 58.9 Å². The first kappa shape index (κ1) is 13.3. The van der Waals surface area contributed by atoms with Gasteiger partial charge >= 0.3 is 5.97 Å². The maximum absolute atomic E-state index is 11.2. The Balaban J connectivity index is 2.61. The van der Waals surface area contributed by atoms with E-state index in [9.17, 15) is 9.90 Å². The number of carboxylic acid groups (broad SMARTS) is 1. The molecule has 1 unspecified atom stereocenters. The molecule has 0 amide bonds. The molecule has 0 fully saturated rings. The van der Waals surface area contributed by atoms with E-state index >= 15 is 0 Å². The van der Waals surface area contributed by atoms with Crippen LogP contribution in [0.25, 0.3) is 0 Å². The summed E-state index contributed by atoms with van der Waals surface area (Å²) in [6.07, 6.45) is 1.85. The molecule has 1 aliphatic heterocycles. The van der Waals surface area contributed by atoms with Crippen LogP contribution in [0, 0.1) is 0 Å². The van der Waals surface area contributed by atoms with Gasteiger partial charge in [0.1, 0.15) is 12.7 Å². The Labute approximate surface area is 112 Å². The van der Waals surface area contributed by atoms with Gasteiger partial charge in [0.25, 0.3) is 0 Å². The smallest absolute Gasteiger partial charge is 0.360 e. The van der Waals surface area contributed by atoms with Gasteiger partial charge in [-0.1, -0.05) is 17.2 Å². The lowest BCUT2D eigenvalue weighted by atomic mass is 10.2. The fraction of sp³-hybridized carbons (Fsp3) is 0.286. The van der Waals surface area contributed by atoms with Crippen LogP contribution in [0.2, 0.25) is 0 Å². The first-order valence-corrected chi connectivity index (χ1v) is 6.08. The molecule has 0 saturated heterocycles. The highest BCUT2D eigenvalue weighted by atomic mass is 16.5. The van der Waals surface area contributed by atoms with Crippen molar-refractivity contribution in [2.24, 2.45) is 5.10 Å². The number of carbonyl (C=O) groups is 1. The van der Waals surface area contributed by atoms with Crippen LogP contribution >= 0.6 is 0 Å². The average Bonchev–Trinajstić information content (AvgIpc) is 2.77. The van der Waals surface area contributed by atoms with Crippen molar-refractivity contribution < 1.29 is 14.6 Å². The van der Waals surface area contributed by atoms with Gasteiger partial charge in [-0.25, -0.2) is 4.79 Å². The fourth-order valence-electron chi connectivity index (χ4n) is 2.28. The number of hydrogen-bond donors (Lipinski definition) is 1. The molecule has 19 heavy (non-hydrogen) atoms. The van der Waals surface area contributed by atoms with E-state index in [1.54, 1.807) is 14.0 Å². The van der Waals surface area contributed by atoms with Crippen molar-refractivity contribution in [3.8, 4) is 5.75 Å². The Morgan fingerprint density at radius 2 is 2.11 bits per heavy atom. The minimum absolute atomic E-state index is 0.104. The summed E-state index contributed by atoms with van der Waals surface area (Å²) in [5.41, 5.74) is 1.61. The molecule has 1 N–H and O–H groups in total. The molecular formula is C14H17N2O3+. The monoisotopic (exact) mass is 261 g/mol. The third kappa shape index (κ3) is 2.13. The number of aliphatic carboxylic acids is 1. The Hall–Kier alpha value is -2.14. The van der Waals surface area contributed by atoms with Crippen LogP contribution in [0.1, 0.15) is 13.8 Å². The second-order valence-corrected chi connectivity index (χ2v) is 4.38. The van der Waals surface area contributed by atoms with Crippen molar-refractivity contribution in [1.29, 1.82) is 0 Å². The van der Waals surface area contributed by atoms with E-state index in [4.69, 9.17) is 4.74 Å². The molecule has 0 saturated carbocycles. The molecule has 0 radical (unpaired) electrons. The van der Waals surface area contributed by atoms with Gasteiger partial charge in [-0.3, -0.25) is 0 Å². The van der Waals surface area contributed by atoms with Crippen LogP contribution in [-0.4, -0.2) is 30.4 Å². The summed E-state index contributed by atoms with van der Waals surface area (Å²) in [6, 6.07) is 7.52. The predicted molar refractivity (Wildman–Crippen MR) is 74.2 cm³/mol. The molecule has 1 aromatic carbocycles. The Morgan fingerprint density at radius 3 is 2.63 bits per heavy atom. The minimum atomic E-state index is -1.00. The lowest BCUT2D eigenvalue weighted by Gasteiger charge is -2.25. The third-order valence-electron chi connectivity index (χ3n) is 3.25. The highest BCUT2D eigenvalue weighted by Crippen LogP contribution is 2.37. The maximum Gasteiger partial charge on any atom is 0.360 e. The van der Waals surface area contributed by atoms with Crippen molar-refractivity contribution in [1.82, 2.24) is 4.59 Å². The Bertz CT molecular complexity index is 578. The lowest BCUT2D eigenvalue weighted by molar-refractivity contribution is -0.129. The lowest BCUT2D eigenvalue weighted by Crippen LogP contribution is -2.36. The number of rotatable bonds is 4. The first-order valence-electron chi connectivity index (χ1n) is 6.08. The second kappa shape index (κ2) is 4.85. The van der Waals surface area contributed by atoms with Crippen molar-refractivity contribution >= 4 is 17.4 Å². The van der Waals surface area contributed by atoms with E-state index < -0.39 is 5.97 Å². The number of quaternary nitrogens is 1. The molecule has 1 aliphatic rings. The van der Waals surface area contributed by atoms with Gasteiger partial charge in [0.2, 0.25) is 11.4 Å². The molecule has 0 bridgehead atoms. The standard InChI is InChI=1S/C14H16N2O3/c1-4-16(9-10(2)13(15-16)14(17)18)11-7-5-6-8-12(11)19-3/h5-9H,4H2,1-3H3/p+1. The fourth-order valence-corrected chi connectivity index (χ4v) is 2.28. The molecule has 2 rings (SSSR count). The van der Waals surface area contributed by atoms with E-state index in [-0.39, 0.29) is 10.3 Å². The minimum Gasteiger partial charge on any atom is -0.491 e. The third-order valence-corrected chi connectivity index (χ3v) is 3.25. The first-order chi connectivity index (χ1) is 9.04. The normalized spacial score (nSPS) is 21.8. The zero-order valence-electron chi connectivity index (χ0n) is 11.3. The largest absolute Gasteiger partial charge is 0.491 e. The van der Waals surface area contributed by atoms with Gasteiger partial charge < -0.3 is 9.84 Å². The van der Waals surface area contributed by atoms with Crippen LogP contribution in [0.5, 0.6) is 5.75 Å². The van der Waals surface area contributed by atoms with Crippen molar-refractivity contribution in [3.05, 3.63) is 36.0 Å². The average molecular weight is 261 g/mol. The second-order valence-electron chi connectivity index (χ2n) is 4.38. The summed E-state index contributed by atoms with van der Waals surface area (Å²) >= 11 is 0. The van der Waals surface area contributed by atoms with Gasteiger partial charge in [0.05, 0.1) is 7.11 Å². The molecule has 1 heterocycles. The van der Waals surface area contributed by atoms with Crippen LogP contribution in [-0.2, 0) is 4.79 Å². The zero-order valence-corrected chi connectivity index (χ0v) is 11.3. The van der Waals surface area contributed by atoms with Gasteiger partial charge in [-0.2, -0.15) is 0 Å². The van der Waals surface area contributed by atoms with Crippen molar-refractivity contribution in [2.75, 3.05) is 13.7 Å². The Morgan fingerprint density at radius 1 is 1.42 bits per heavy atom. The number of para-hydroxylation sites is 2. The van der Waals surface area contributed by atoms with Gasteiger partial charge in [0.15, 0.2) is 5.75 Å². The molecule has 0 aromatic heterocycles. The van der Waals surface area contributed by atoms with E-state index in [0.29, 0.717) is 17.9 Å². The van der Waals surface area contributed by atoms with E-state index in [1.807, 2.05) is 37.4 Å². The van der Waals surface area contributed by atoms with Crippen LogP contribution in [0.15, 0.2) is 41.1 Å². The molecule has 1 aromatic rings. The molecule has 0 aliphatic carbocycles. The van der Waals surface area contributed by atoms with Crippen LogP contribution < -0.4 is 9.33 Å². The van der Waals surface area contributed by atoms with Gasteiger partial charge in [0, 0.05) is 11.6 Å². The molecule has 5 heteroatoms. The molecular weight excluding hydrogens is 244 g/mol. The molecule has 0 spiro atoms. The maximum atomic E-state index is 11.2. The predicted octanol–water partition coefficient (Wildman–Crippen LogP) is 2.38. The van der Waals surface area contributed by atoms with E-state index in [2.05, 4.69) is 5.10 Å². The van der Waals surface area contributed by atoms with Crippen molar-refractivity contribution in [2.45, 2.75) is 13.8 Å². The molecule has 5 nitrogen and oxygen atoms in total. The summed E-state index contributed by atoms with van der Waals surface area (Å²) in [5.74, 6) is -0.305. The Kier molecular flexibility index (Phi) is 3.40. The van der Waals surface area contributed by atoms with Crippen LogP contribution in [0.4, 0.5) is 5.69 Å². The number of carboxylic acids is 1. The zero-order chi connectivity index (χ0) is 14.0. The van der Waals surface area contributed by atoms with Gasteiger partial charge in [-0.05, 0) is 19.9 Å². The van der Waals surface area contributed by atoms with E-state index in [0.717, 1.165) is 5.69 Å². The van der Waals surface area contributed by atoms with Crippen LogP contribution in [0.3, 0.4) is 0 Å². The summed E-state index contributed by atoms with van der Waals surface area (Å²) in [6.45, 7) is 4.34. The summed E-state index contributed by atoms with van der Waals surface area (Å²) < 4.78 is 5.48. The highest BCUT2D eigenvalue weighted by molar-refractivity contribution is 6.43. The van der Waals surface area contributed by atoms with E-state index in [1.165, 1.54) is 0 Å². The number of hydrogen-bond acceptors (Lipinski definition) is 3. The molecule has 100 valence electrons. The molecule has 1 atom stereocenters. The highest BCUT2D eigenvalue weighted by Gasteiger charge is 2.39.